The van der Waals surface area contributed by atoms with E-state index < -0.39 is 0 Å². The van der Waals surface area contributed by atoms with Gasteiger partial charge in [-0.3, -0.25) is 14.4 Å². The number of hydrogen-bond acceptors (Lipinski definition) is 4. The normalized spacial score (nSPS) is 27.4. The van der Waals surface area contributed by atoms with Crippen molar-refractivity contribution in [3.63, 3.8) is 0 Å². The van der Waals surface area contributed by atoms with E-state index in [-0.39, 0.29) is 36.2 Å². The van der Waals surface area contributed by atoms with Gasteiger partial charge in [-0.25, -0.2) is 0 Å². The smallest absolute Gasteiger partial charge is 0.307 e. The van der Waals surface area contributed by atoms with Crippen molar-refractivity contribution in [2.75, 3.05) is 20.2 Å². The van der Waals surface area contributed by atoms with Crippen molar-refractivity contribution in [1.82, 2.24) is 10.6 Å². The Morgan fingerprint density at radius 2 is 1.39 bits per heavy atom. The minimum atomic E-state index is -0.387. The minimum Gasteiger partial charge on any atom is -0.469 e. The van der Waals surface area contributed by atoms with E-state index in [1.54, 1.807) is 12.1 Å². The highest BCUT2D eigenvalue weighted by Gasteiger charge is 2.50. The Balaban J connectivity index is 1.34. The van der Waals surface area contributed by atoms with Crippen molar-refractivity contribution in [2.45, 2.75) is 44.9 Å². The number of carbonyl (C=O) groups excluding carboxylic acids is 3. The van der Waals surface area contributed by atoms with Crippen molar-refractivity contribution >= 4 is 28.6 Å². The van der Waals surface area contributed by atoms with Crippen molar-refractivity contribution in [3.05, 3.63) is 47.5 Å². The molecule has 6 heteroatoms. The number of nitrogens with one attached hydrogen (secondary N) is 2. The van der Waals surface area contributed by atoms with E-state index in [4.69, 9.17) is 0 Å². The Morgan fingerprint density at radius 3 is 1.91 bits per heavy atom. The lowest BCUT2D eigenvalue weighted by atomic mass is 9.49. The summed E-state index contributed by atoms with van der Waals surface area (Å²) in [5.41, 5.74) is 0.945. The predicted octanol–water partition coefficient (Wildman–Crippen LogP) is 4.08. The number of esters is 1. The topological polar surface area (TPSA) is 84.5 Å². The highest BCUT2D eigenvalue weighted by atomic mass is 16.5. The van der Waals surface area contributed by atoms with Crippen molar-refractivity contribution in [3.8, 4) is 0 Å². The summed E-state index contributed by atoms with van der Waals surface area (Å²) in [6.45, 7) is 0.845. The Hall–Kier alpha value is -2.89. The van der Waals surface area contributed by atoms with Crippen LogP contribution in [0.3, 0.4) is 0 Å². The van der Waals surface area contributed by atoms with Crippen molar-refractivity contribution in [1.29, 1.82) is 0 Å². The van der Waals surface area contributed by atoms with Gasteiger partial charge in [0.1, 0.15) is 0 Å². The van der Waals surface area contributed by atoms with Gasteiger partial charge >= 0.3 is 5.97 Å². The molecule has 0 atom stereocenters. The molecule has 2 aromatic rings. The van der Waals surface area contributed by atoms with Gasteiger partial charge in [0.2, 0.25) is 0 Å². The van der Waals surface area contributed by atoms with Crippen LogP contribution in [-0.2, 0) is 9.53 Å². The third-order valence-electron chi connectivity index (χ3n) is 8.01. The highest BCUT2D eigenvalue weighted by Crippen LogP contribution is 2.59. The Kier molecular flexibility index (Phi) is 5.85. The molecule has 0 unspecified atom stereocenters. The van der Waals surface area contributed by atoms with Crippen LogP contribution in [0.15, 0.2) is 36.4 Å². The van der Waals surface area contributed by atoms with Gasteiger partial charge in [0, 0.05) is 13.1 Å². The number of benzene rings is 2. The molecule has 2 aromatic carbocycles. The zero-order valence-electron chi connectivity index (χ0n) is 19.2. The molecule has 6 rings (SSSR count). The molecule has 0 radical (unpaired) electrons. The number of methoxy groups -OCH3 is 1. The summed E-state index contributed by atoms with van der Waals surface area (Å²) in [5, 5.41) is 7.78. The first-order valence-electron chi connectivity index (χ1n) is 12.1. The zero-order chi connectivity index (χ0) is 23.0. The monoisotopic (exact) mass is 448 g/mol. The summed E-state index contributed by atoms with van der Waals surface area (Å²) in [7, 11) is 1.32. The van der Waals surface area contributed by atoms with Gasteiger partial charge in [-0.2, -0.15) is 0 Å². The first kappa shape index (κ1) is 21.9. The third kappa shape index (κ3) is 4.48. The fraction of sp³-hybridized carbons (Fsp3) is 0.519. The molecular formula is C27H32N2O4. The molecule has 2 amide bonds. The Labute approximate surface area is 194 Å². The number of hydrogen-bond donors (Lipinski definition) is 2. The predicted molar refractivity (Wildman–Crippen MR) is 126 cm³/mol. The molecule has 4 aliphatic carbocycles. The van der Waals surface area contributed by atoms with Gasteiger partial charge in [0.05, 0.1) is 24.7 Å². The van der Waals surface area contributed by atoms with Gasteiger partial charge in [-0.05, 0) is 84.6 Å². The molecule has 0 heterocycles. The largest absolute Gasteiger partial charge is 0.469 e. The van der Waals surface area contributed by atoms with Crippen LogP contribution in [0.2, 0.25) is 0 Å². The van der Waals surface area contributed by atoms with E-state index in [1.165, 1.54) is 45.6 Å². The number of ether oxygens (including phenoxy) is 1. The van der Waals surface area contributed by atoms with Crippen LogP contribution in [0.5, 0.6) is 0 Å². The summed E-state index contributed by atoms with van der Waals surface area (Å²) >= 11 is 0. The van der Waals surface area contributed by atoms with Crippen LogP contribution in [0.25, 0.3) is 10.8 Å². The fourth-order valence-corrected chi connectivity index (χ4v) is 6.96. The van der Waals surface area contributed by atoms with Crippen LogP contribution < -0.4 is 10.6 Å². The van der Waals surface area contributed by atoms with Gasteiger partial charge in [0.25, 0.3) is 11.8 Å². The molecule has 4 aliphatic rings. The molecule has 4 saturated carbocycles. The average molecular weight is 449 g/mol. The van der Waals surface area contributed by atoms with E-state index in [9.17, 15) is 14.4 Å². The summed E-state index contributed by atoms with van der Waals surface area (Å²) < 4.78 is 4.64. The van der Waals surface area contributed by atoms with Crippen LogP contribution in [0.4, 0.5) is 0 Å². The second kappa shape index (κ2) is 8.81. The SMILES string of the molecule is COC(=O)CCNC(=O)c1cc2ccccc2cc1C(=O)NCC12CC3CC(CC(C3)C1)C2. The molecule has 2 N–H and O–H groups in total. The van der Waals surface area contributed by atoms with Crippen LogP contribution in [0.1, 0.15) is 65.7 Å². The van der Waals surface area contributed by atoms with E-state index in [2.05, 4.69) is 15.4 Å². The second-order valence-electron chi connectivity index (χ2n) is 10.4. The average Bonchev–Trinajstić information content (AvgIpc) is 2.80. The number of fused-ring (bicyclic) bond motifs is 1. The molecule has 0 spiro atoms. The first-order valence-corrected chi connectivity index (χ1v) is 12.1. The lowest BCUT2D eigenvalue weighted by molar-refractivity contribution is -0.140. The van der Waals surface area contributed by atoms with Gasteiger partial charge in [-0.1, -0.05) is 24.3 Å². The molecule has 174 valence electrons. The third-order valence-corrected chi connectivity index (χ3v) is 8.01. The number of rotatable bonds is 7. The van der Waals surface area contributed by atoms with E-state index in [0.29, 0.717) is 17.7 Å². The molecule has 33 heavy (non-hydrogen) atoms. The molecular weight excluding hydrogens is 416 g/mol. The first-order chi connectivity index (χ1) is 15.9. The Bertz CT molecular complexity index is 1060. The maximum Gasteiger partial charge on any atom is 0.307 e. The van der Waals surface area contributed by atoms with Gasteiger partial charge < -0.3 is 15.4 Å². The standard InChI is InChI=1S/C27H32N2O4/c1-33-24(30)6-7-28-25(31)22-11-20-4-2-3-5-21(20)12-23(22)26(32)29-16-27-13-17-8-18(14-27)10-19(9-17)15-27/h2-5,11-12,17-19H,6-10,13-16H2,1H3,(H,28,31)(H,29,32). The van der Waals surface area contributed by atoms with Gasteiger partial charge in [-0.15, -0.1) is 0 Å². The summed E-state index contributed by atoms with van der Waals surface area (Å²) in [6.07, 6.45) is 7.85. The highest BCUT2D eigenvalue weighted by molar-refractivity contribution is 6.10. The quantitative estimate of drug-likeness (QED) is 0.625. The number of carbonyl (C=O) groups is 3. The van der Waals surface area contributed by atoms with Crippen LogP contribution >= 0.6 is 0 Å². The van der Waals surface area contributed by atoms with E-state index in [1.807, 2.05) is 24.3 Å². The van der Waals surface area contributed by atoms with Crippen LogP contribution in [-0.4, -0.2) is 38.0 Å². The Morgan fingerprint density at radius 1 is 0.879 bits per heavy atom. The lowest BCUT2D eigenvalue weighted by Gasteiger charge is -2.56. The van der Waals surface area contributed by atoms with E-state index >= 15 is 0 Å². The molecule has 0 saturated heterocycles. The molecule has 4 bridgehead atoms. The minimum absolute atomic E-state index is 0.0867. The fourth-order valence-electron chi connectivity index (χ4n) is 6.96. The maximum atomic E-state index is 13.4. The molecule has 6 nitrogen and oxygen atoms in total. The summed E-state index contributed by atoms with van der Waals surface area (Å²) in [5.74, 6) is 1.53. The second-order valence-corrected chi connectivity index (χ2v) is 10.4. The summed E-state index contributed by atoms with van der Waals surface area (Å²) in [6, 6.07) is 11.3. The lowest BCUT2D eigenvalue weighted by Crippen LogP contribution is -2.51. The van der Waals surface area contributed by atoms with E-state index in [0.717, 1.165) is 28.5 Å². The summed E-state index contributed by atoms with van der Waals surface area (Å²) in [4.78, 5) is 37.7. The van der Waals surface area contributed by atoms with Crippen molar-refractivity contribution < 1.29 is 19.1 Å². The zero-order valence-corrected chi connectivity index (χ0v) is 19.2. The molecule has 0 aliphatic heterocycles. The van der Waals surface area contributed by atoms with Gasteiger partial charge in [0.15, 0.2) is 0 Å². The molecule has 0 aromatic heterocycles. The molecule has 4 fully saturated rings. The van der Waals surface area contributed by atoms with Crippen LogP contribution in [0, 0.1) is 23.2 Å². The maximum absolute atomic E-state index is 13.4. The van der Waals surface area contributed by atoms with Crippen molar-refractivity contribution in [2.24, 2.45) is 23.2 Å². The number of amides is 2.